The first-order chi connectivity index (χ1) is 17.6. The molecule has 5 rings (SSSR count). The van der Waals surface area contributed by atoms with Gasteiger partial charge in [-0.25, -0.2) is 4.99 Å². The van der Waals surface area contributed by atoms with E-state index >= 15 is 0 Å². The highest BCUT2D eigenvalue weighted by atomic mass is 79.9. The van der Waals surface area contributed by atoms with Gasteiger partial charge in [0.25, 0.3) is 0 Å². The standard InChI is InChI=1S/C28H22BrClN6/c29-22-13-21-4-3-20-14-23(30)5-8-25(20)26(27(21)33-16-22)19-9-11-36(12-10-19)28(34-17-32)35-24-6-1-18(15-31)2-7-24/h1-2,5-8,13-14,16H,3-4,9-12H2,(H,34,35). The predicted molar refractivity (Wildman–Crippen MR) is 145 cm³/mol. The molecule has 0 atom stereocenters. The first-order valence-corrected chi connectivity index (χ1v) is 12.9. The van der Waals surface area contributed by atoms with E-state index in [9.17, 15) is 5.26 Å². The Kier molecular flexibility index (Phi) is 7.04. The van der Waals surface area contributed by atoms with E-state index in [-0.39, 0.29) is 0 Å². The first-order valence-electron chi connectivity index (χ1n) is 11.7. The van der Waals surface area contributed by atoms with Crippen LogP contribution in [0.1, 0.15) is 40.8 Å². The van der Waals surface area contributed by atoms with Gasteiger partial charge < -0.3 is 4.90 Å². The van der Waals surface area contributed by atoms with Crippen molar-refractivity contribution in [2.75, 3.05) is 13.1 Å². The SMILES string of the molecule is N#CNC(=Nc1ccc(C#N)cc1)N1CCC(=C2c3ccc(Cl)cc3CCc3cc(Br)cnc32)CC1. The minimum atomic E-state index is 0.516. The van der Waals surface area contributed by atoms with Crippen LogP contribution in [0.2, 0.25) is 5.02 Å². The van der Waals surface area contributed by atoms with Crippen molar-refractivity contribution in [1.29, 1.82) is 10.5 Å². The number of pyridine rings is 1. The van der Waals surface area contributed by atoms with Crippen LogP contribution in [0.5, 0.6) is 0 Å². The van der Waals surface area contributed by atoms with Gasteiger partial charge in [0.15, 0.2) is 6.19 Å². The van der Waals surface area contributed by atoms with Crippen LogP contribution in [0.4, 0.5) is 5.69 Å². The molecule has 0 bridgehead atoms. The number of nitrogens with zero attached hydrogens (tertiary/aromatic N) is 5. The summed E-state index contributed by atoms with van der Waals surface area (Å²) in [5.41, 5.74) is 8.55. The summed E-state index contributed by atoms with van der Waals surface area (Å²) in [5, 5.41) is 21.9. The highest BCUT2D eigenvalue weighted by Crippen LogP contribution is 2.39. The Labute approximate surface area is 223 Å². The molecule has 2 aliphatic rings. The Bertz CT molecular complexity index is 1400. The molecular formula is C28H22BrClN6. The maximum Gasteiger partial charge on any atom is 0.212 e. The van der Waals surface area contributed by atoms with Crippen molar-refractivity contribution in [2.24, 2.45) is 4.99 Å². The zero-order valence-corrected chi connectivity index (χ0v) is 21.8. The molecule has 1 aliphatic carbocycles. The van der Waals surface area contributed by atoms with E-state index in [1.165, 1.54) is 27.8 Å². The largest absolute Gasteiger partial charge is 0.341 e. The van der Waals surface area contributed by atoms with Gasteiger partial charge in [0, 0.05) is 34.4 Å². The summed E-state index contributed by atoms with van der Waals surface area (Å²) in [4.78, 5) is 11.6. The molecule has 0 unspecified atom stereocenters. The third kappa shape index (κ3) is 4.99. The number of nitrogens with one attached hydrogen (secondary N) is 1. The van der Waals surface area contributed by atoms with E-state index in [0.29, 0.717) is 17.2 Å². The van der Waals surface area contributed by atoms with E-state index in [2.05, 4.69) is 55.4 Å². The van der Waals surface area contributed by atoms with Gasteiger partial charge in [-0.3, -0.25) is 10.3 Å². The summed E-state index contributed by atoms with van der Waals surface area (Å²) in [7, 11) is 0. The number of aromatic nitrogens is 1. The summed E-state index contributed by atoms with van der Waals surface area (Å²) < 4.78 is 0.982. The molecule has 8 heteroatoms. The third-order valence-electron chi connectivity index (χ3n) is 6.59. The fourth-order valence-electron chi connectivity index (χ4n) is 4.86. The van der Waals surface area contributed by atoms with E-state index < -0.39 is 0 Å². The highest BCUT2D eigenvalue weighted by molar-refractivity contribution is 9.10. The number of fused-ring (bicyclic) bond motifs is 2. The molecule has 2 aromatic carbocycles. The monoisotopic (exact) mass is 556 g/mol. The molecule has 0 saturated carbocycles. The number of nitriles is 2. The Balaban J connectivity index is 1.49. The number of aryl methyl sites for hydroxylation is 2. The van der Waals surface area contributed by atoms with Crippen LogP contribution in [-0.2, 0) is 12.8 Å². The number of hydrogen-bond acceptors (Lipinski definition) is 4. The van der Waals surface area contributed by atoms with Gasteiger partial charge in [-0.05, 0) is 101 Å². The topological polar surface area (TPSA) is 88.1 Å². The van der Waals surface area contributed by atoms with Crippen molar-refractivity contribution in [3.8, 4) is 12.3 Å². The van der Waals surface area contributed by atoms with Crippen LogP contribution >= 0.6 is 27.5 Å². The zero-order chi connectivity index (χ0) is 25.1. The van der Waals surface area contributed by atoms with Crippen molar-refractivity contribution >= 4 is 44.8 Å². The lowest BCUT2D eigenvalue weighted by Crippen LogP contribution is -2.42. The predicted octanol–water partition coefficient (Wildman–Crippen LogP) is 6.12. The van der Waals surface area contributed by atoms with Crippen LogP contribution in [0.25, 0.3) is 5.57 Å². The summed E-state index contributed by atoms with van der Waals surface area (Å²) in [5.74, 6) is 0.516. The summed E-state index contributed by atoms with van der Waals surface area (Å²) in [6.45, 7) is 1.44. The van der Waals surface area contributed by atoms with E-state index in [1.807, 2.05) is 18.5 Å². The van der Waals surface area contributed by atoms with Crippen molar-refractivity contribution in [3.63, 3.8) is 0 Å². The molecular weight excluding hydrogens is 536 g/mol. The average molecular weight is 558 g/mol. The quantitative estimate of drug-likeness (QED) is 0.168. The minimum absolute atomic E-state index is 0.516. The van der Waals surface area contributed by atoms with Crippen LogP contribution in [0.15, 0.2) is 69.8 Å². The van der Waals surface area contributed by atoms with Gasteiger partial charge in [-0.1, -0.05) is 23.2 Å². The molecule has 3 aromatic rings. The number of benzene rings is 2. The van der Waals surface area contributed by atoms with Gasteiger partial charge in [0.1, 0.15) is 0 Å². The summed E-state index contributed by atoms with van der Waals surface area (Å²) >= 11 is 9.94. The molecule has 1 N–H and O–H groups in total. The van der Waals surface area contributed by atoms with E-state index in [4.69, 9.17) is 21.8 Å². The van der Waals surface area contributed by atoms with Crippen molar-refractivity contribution in [1.82, 2.24) is 15.2 Å². The lowest BCUT2D eigenvalue weighted by molar-refractivity contribution is 0.380. The van der Waals surface area contributed by atoms with Crippen LogP contribution < -0.4 is 5.32 Å². The second kappa shape index (κ2) is 10.5. The minimum Gasteiger partial charge on any atom is -0.341 e. The molecule has 36 heavy (non-hydrogen) atoms. The van der Waals surface area contributed by atoms with Gasteiger partial charge in [-0.2, -0.15) is 10.5 Å². The summed E-state index contributed by atoms with van der Waals surface area (Å²) in [6, 6.07) is 17.4. The van der Waals surface area contributed by atoms with Crippen LogP contribution in [0, 0.1) is 22.8 Å². The van der Waals surface area contributed by atoms with E-state index in [0.717, 1.165) is 54.0 Å². The Morgan fingerprint density at radius 3 is 2.47 bits per heavy atom. The molecule has 6 nitrogen and oxygen atoms in total. The van der Waals surface area contributed by atoms with Crippen LogP contribution in [0.3, 0.4) is 0 Å². The Hall–Kier alpha value is -3.65. The number of aliphatic imine (C=N–C) groups is 1. The average Bonchev–Trinajstić information content (AvgIpc) is 3.05. The summed E-state index contributed by atoms with van der Waals surface area (Å²) in [6.07, 6.45) is 7.36. The fourth-order valence-corrected chi connectivity index (χ4v) is 5.44. The zero-order valence-electron chi connectivity index (χ0n) is 19.4. The molecule has 2 heterocycles. The second-order valence-corrected chi connectivity index (χ2v) is 10.1. The Morgan fingerprint density at radius 2 is 1.75 bits per heavy atom. The number of hydrogen-bond donors (Lipinski definition) is 1. The molecule has 1 aromatic heterocycles. The lowest BCUT2D eigenvalue weighted by Gasteiger charge is -2.32. The van der Waals surface area contributed by atoms with Gasteiger partial charge >= 0.3 is 0 Å². The van der Waals surface area contributed by atoms with Gasteiger partial charge in [-0.15, -0.1) is 0 Å². The molecule has 1 fully saturated rings. The number of rotatable bonds is 1. The van der Waals surface area contributed by atoms with Crippen molar-refractivity contribution in [2.45, 2.75) is 25.7 Å². The van der Waals surface area contributed by atoms with Crippen molar-refractivity contribution in [3.05, 3.63) is 97.7 Å². The number of piperidine rings is 1. The van der Waals surface area contributed by atoms with Crippen LogP contribution in [-0.4, -0.2) is 28.9 Å². The molecule has 1 saturated heterocycles. The number of halogens is 2. The third-order valence-corrected chi connectivity index (χ3v) is 7.26. The van der Waals surface area contributed by atoms with E-state index in [1.54, 1.807) is 24.3 Å². The van der Waals surface area contributed by atoms with Crippen molar-refractivity contribution < 1.29 is 0 Å². The first kappa shape index (κ1) is 24.1. The van der Waals surface area contributed by atoms with Gasteiger partial charge in [0.2, 0.25) is 5.96 Å². The molecule has 0 radical (unpaired) electrons. The molecule has 178 valence electrons. The normalized spacial score (nSPS) is 15.3. The second-order valence-electron chi connectivity index (χ2n) is 8.76. The van der Waals surface area contributed by atoms with Gasteiger partial charge in [0.05, 0.1) is 23.0 Å². The maximum atomic E-state index is 9.33. The number of guanidine groups is 1. The molecule has 0 amide bonds. The smallest absolute Gasteiger partial charge is 0.212 e. The molecule has 1 aliphatic heterocycles. The molecule has 0 spiro atoms. The highest BCUT2D eigenvalue weighted by Gasteiger charge is 2.26. The number of likely N-dealkylation sites (tertiary alicyclic amines) is 1. The fraction of sp³-hybridized carbons (Fsp3) is 0.214. The Morgan fingerprint density at radius 1 is 1.00 bits per heavy atom. The maximum absolute atomic E-state index is 9.33. The lowest BCUT2D eigenvalue weighted by atomic mass is 9.88.